The molecule has 0 aliphatic carbocycles. The Morgan fingerprint density at radius 1 is 1.18 bits per heavy atom. The molecule has 3 nitrogen and oxygen atoms in total. The molecule has 2 rings (SSSR count). The second-order valence-electron chi connectivity index (χ2n) is 4.24. The molecular formula is C13H17N3S. The number of aryl methyl sites for hydroxylation is 2. The Morgan fingerprint density at radius 3 is 2.53 bits per heavy atom. The minimum absolute atomic E-state index is 0.689. The molecule has 0 bridgehead atoms. The first-order chi connectivity index (χ1) is 8.20. The SMILES string of the molecule is CCCc1nnc(S)n1Cc1ccc(C)cc1. The van der Waals surface area contributed by atoms with Crippen LogP contribution >= 0.6 is 12.6 Å². The molecule has 0 unspecified atom stereocenters. The Hall–Kier alpha value is -1.29. The summed E-state index contributed by atoms with van der Waals surface area (Å²) in [5.41, 5.74) is 2.53. The van der Waals surface area contributed by atoms with E-state index in [4.69, 9.17) is 0 Å². The van der Waals surface area contributed by atoms with E-state index in [9.17, 15) is 0 Å². The molecule has 0 amide bonds. The van der Waals surface area contributed by atoms with E-state index < -0.39 is 0 Å². The van der Waals surface area contributed by atoms with Crippen molar-refractivity contribution in [3.63, 3.8) is 0 Å². The summed E-state index contributed by atoms with van der Waals surface area (Å²) in [5.74, 6) is 1.01. The van der Waals surface area contributed by atoms with Gasteiger partial charge in [-0.15, -0.1) is 22.8 Å². The number of hydrogen-bond acceptors (Lipinski definition) is 3. The summed E-state index contributed by atoms with van der Waals surface area (Å²) >= 11 is 4.35. The van der Waals surface area contributed by atoms with Crippen molar-refractivity contribution in [1.29, 1.82) is 0 Å². The van der Waals surface area contributed by atoms with E-state index in [1.165, 1.54) is 11.1 Å². The fraction of sp³-hybridized carbons (Fsp3) is 0.385. The number of rotatable bonds is 4. The molecule has 0 atom stereocenters. The molecule has 17 heavy (non-hydrogen) atoms. The van der Waals surface area contributed by atoms with Crippen LogP contribution in [0.5, 0.6) is 0 Å². The fourth-order valence-electron chi connectivity index (χ4n) is 1.77. The second kappa shape index (κ2) is 5.36. The lowest BCUT2D eigenvalue weighted by Gasteiger charge is -2.08. The van der Waals surface area contributed by atoms with Gasteiger partial charge in [-0.1, -0.05) is 36.8 Å². The van der Waals surface area contributed by atoms with Crippen molar-refractivity contribution in [1.82, 2.24) is 14.8 Å². The third-order valence-electron chi connectivity index (χ3n) is 2.74. The van der Waals surface area contributed by atoms with Gasteiger partial charge >= 0.3 is 0 Å². The molecule has 4 heteroatoms. The third-order valence-corrected chi connectivity index (χ3v) is 3.07. The van der Waals surface area contributed by atoms with Crippen LogP contribution in [-0.2, 0) is 13.0 Å². The lowest BCUT2D eigenvalue weighted by molar-refractivity contribution is 0.658. The minimum Gasteiger partial charge on any atom is -0.302 e. The molecule has 0 aliphatic rings. The van der Waals surface area contributed by atoms with Crippen molar-refractivity contribution in [2.24, 2.45) is 0 Å². The minimum atomic E-state index is 0.689. The van der Waals surface area contributed by atoms with Crippen molar-refractivity contribution in [3.05, 3.63) is 41.2 Å². The molecular weight excluding hydrogens is 230 g/mol. The highest BCUT2D eigenvalue weighted by atomic mass is 32.1. The van der Waals surface area contributed by atoms with Gasteiger partial charge in [0.05, 0.1) is 6.54 Å². The van der Waals surface area contributed by atoms with E-state index in [1.54, 1.807) is 0 Å². The number of thiol groups is 1. The smallest absolute Gasteiger partial charge is 0.188 e. The predicted octanol–water partition coefficient (Wildman–Crippen LogP) is 2.88. The van der Waals surface area contributed by atoms with E-state index in [-0.39, 0.29) is 0 Å². The van der Waals surface area contributed by atoms with Gasteiger partial charge in [-0.05, 0) is 18.9 Å². The van der Waals surface area contributed by atoms with Gasteiger partial charge in [-0.25, -0.2) is 0 Å². The fourth-order valence-corrected chi connectivity index (χ4v) is 2.00. The summed E-state index contributed by atoms with van der Waals surface area (Å²) in [6, 6.07) is 8.52. The van der Waals surface area contributed by atoms with Crippen LogP contribution in [0.2, 0.25) is 0 Å². The summed E-state index contributed by atoms with van der Waals surface area (Å²) in [4.78, 5) is 0. The molecule has 1 heterocycles. The van der Waals surface area contributed by atoms with E-state index in [0.717, 1.165) is 25.2 Å². The van der Waals surface area contributed by atoms with Gasteiger partial charge in [0.15, 0.2) is 5.16 Å². The molecule has 0 fully saturated rings. The molecule has 2 aromatic rings. The van der Waals surface area contributed by atoms with Crippen molar-refractivity contribution in [3.8, 4) is 0 Å². The van der Waals surface area contributed by atoms with Gasteiger partial charge < -0.3 is 4.57 Å². The van der Waals surface area contributed by atoms with Crippen molar-refractivity contribution in [2.45, 2.75) is 38.4 Å². The summed E-state index contributed by atoms with van der Waals surface area (Å²) in [6.07, 6.45) is 2.01. The lowest BCUT2D eigenvalue weighted by Crippen LogP contribution is -2.05. The first-order valence-electron chi connectivity index (χ1n) is 5.87. The molecule has 0 N–H and O–H groups in total. The van der Waals surface area contributed by atoms with Crippen molar-refractivity contribution in [2.75, 3.05) is 0 Å². The zero-order valence-corrected chi connectivity index (χ0v) is 11.1. The highest BCUT2D eigenvalue weighted by molar-refractivity contribution is 7.80. The Bertz CT molecular complexity index is 488. The van der Waals surface area contributed by atoms with Crippen LogP contribution in [0.1, 0.15) is 30.3 Å². The molecule has 0 saturated carbocycles. The van der Waals surface area contributed by atoms with E-state index in [0.29, 0.717) is 5.16 Å². The number of aromatic nitrogens is 3. The molecule has 0 spiro atoms. The molecule has 0 saturated heterocycles. The normalized spacial score (nSPS) is 10.8. The van der Waals surface area contributed by atoms with Crippen LogP contribution < -0.4 is 0 Å². The largest absolute Gasteiger partial charge is 0.302 e. The molecule has 1 aromatic carbocycles. The Labute approximate surface area is 107 Å². The lowest BCUT2D eigenvalue weighted by atomic mass is 10.1. The average molecular weight is 247 g/mol. The first kappa shape index (κ1) is 12.2. The maximum atomic E-state index is 4.35. The van der Waals surface area contributed by atoms with Gasteiger partial charge in [0.2, 0.25) is 0 Å². The third kappa shape index (κ3) is 2.88. The molecule has 90 valence electrons. The van der Waals surface area contributed by atoms with Crippen LogP contribution in [0.3, 0.4) is 0 Å². The molecule has 0 radical (unpaired) electrons. The standard InChI is InChI=1S/C13H17N3S/c1-3-4-12-14-15-13(17)16(12)9-11-7-5-10(2)6-8-11/h5-8H,3-4,9H2,1-2H3,(H,15,17). The topological polar surface area (TPSA) is 30.7 Å². The van der Waals surface area contributed by atoms with Crippen LogP contribution in [0.25, 0.3) is 0 Å². The second-order valence-corrected chi connectivity index (χ2v) is 4.64. The van der Waals surface area contributed by atoms with Crippen molar-refractivity contribution >= 4 is 12.6 Å². The van der Waals surface area contributed by atoms with E-state index >= 15 is 0 Å². The van der Waals surface area contributed by atoms with Gasteiger partial charge in [0, 0.05) is 6.42 Å². The van der Waals surface area contributed by atoms with Gasteiger partial charge in [-0.2, -0.15) is 0 Å². The summed E-state index contributed by atoms with van der Waals surface area (Å²) in [5, 5.41) is 8.87. The average Bonchev–Trinajstić information content (AvgIpc) is 2.65. The van der Waals surface area contributed by atoms with Crippen LogP contribution in [-0.4, -0.2) is 14.8 Å². The Morgan fingerprint density at radius 2 is 1.88 bits per heavy atom. The van der Waals surface area contributed by atoms with Crippen molar-refractivity contribution < 1.29 is 0 Å². The summed E-state index contributed by atoms with van der Waals surface area (Å²) in [6.45, 7) is 5.03. The zero-order valence-electron chi connectivity index (χ0n) is 10.2. The number of nitrogens with zero attached hydrogens (tertiary/aromatic N) is 3. The van der Waals surface area contributed by atoms with E-state index in [1.807, 2.05) is 0 Å². The zero-order chi connectivity index (χ0) is 12.3. The Kier molecular flexibility index (Phi) is 3.84. The Balaban J connectivity index is 2.22. The van der Waals surface area contributed by atoms with E-state index in [2.05, 4.69) is 65.5 Å². The predicted molar refractivity (Wildman–Crippen MR) is 71.6 cm³/mol. The number of hydrogen-bond donors (Lipinski definition) is 1. The summed E-state index contributed by atoms with van der Waals surface area (Å²) in [7, 11) is 0. The number of benzene rings is 1. The summed E-state index contributed by atoms with van der Waals surface area (Å²) < 4.78 is 2.07. The van der Waals surface area contributed by atoms with Crippen LogP contribution in [0.4, 0.5) is 0 Å². The van der Waals surface area contributed by atoms with Crippen LogP contribution in [0, 0.1) is 6.92 Å². The highest BCUT2D eigenvalue weighted by Gasteiger charge is 2.08. The van der Waals surface area contributed by atoms with Gasteiger partial charge in [0.25, 0.3) is 0 Å². The van der Waals surface area contributed by atoms with Gasteiger partial charge in [-0.3, -0.25) is 0 Å². The maximum Gasteiger partial charge on any atom is 0.188 e. The first-order valence-corrected chi connectivity index (χ1v) is 6.32. The van der Waals surface area contributed by atoms with Crippen LogP contribution in [0.15, 0.2) is 29.4 Å². The molecule has 0 aliphatic heterocycles. The quantitative estimate of drug-likeness (QED) is 0.842. The van der Waals surface area contributed by atoms with Gasteiger partial charge in [0.1, 0.15) is 5.82 Å². The molecule has 1 aromatic heterocycles. The highest BCUT2D eigenvalue weighted by Crippen LogP contribution is 2.12. The maximum absolute atomic E-state index is 4.35. The monoisotopic (exact) mass is 247 g/mol.